The number of hydrogen-bond donors (Lipinski definition) is 1. The van der Waals surface area contributed by atoms with Crippen LogP contribution in [0.2, 0.25) is 0 Å². The molecule has 0 aliphatic carbocycles. The fourth-order valence-electron chi connectivity index (χ4n) is 1.20. The molecule has 2 rings (SSSR count). The van der Waals surface area contributed by atoms with Crippen LogP contribution in [0.1, 0.15) is 15.2 Å². The normalized spacial score (nSPS) is 10.4. The fourth-order valence-corrected chi connectivity index (χ4v) is 3.17. The minimum Gasteiger partial charge on any atom is -0.477 e. The van der Waals surface area contributed by atoms with Gasteiger partial charge in [0.1, 0.15) is 4.88 Å². The number of rotatable bonds is 2. The van der Waals surface area contributed by atoms with Gasteiger partial charge in [-0.2, -0.15) is 0 Å². The summed E-state index contributed by atoms with van der Waals surface area (Å²) in [6.45, 7) is 2.03. The van der Waals surface area contributed by atoms with Gasteiger partial charge in [0.25, 0.3) is 0 Å². The van der Waals surface area contributed by atoms with Crippen LogP contribution >= 0.6 is 22.7 Å². The Hall–Kier alpha value is -1.13. The molecule has 0 radical (unpaired) electrons. The second kappa shape index (κ2) is 3.55. The van der Waals surface area contributed by atoms with Crippen molar-refractivity contribution in [3.63, 3.8) is 0 Å². The van der Waals surface area contributed by atoms with E-state index >= 15 is 0 Å². The molecule has 0 fully saturated rings. The Morgan fingerprint density at radius 3 is 2.64 bits per heavy atom. The monoisotopic (exact) mass is 224 g/mol. The molecule has 0 amide bonds. The van der Waals surface area contributed by atoms with Crippen LogP contribution in [0.3, 0.4) is 0 Å². The van der Waals surface area contributed by atoms with Crippen molar-refractivity contribution in [2.75, 3.05) is 0 Å². The zero-order valence-electron chi connectivity index (χ0n) is 7.48. The molecule has 0 aromatic carbocycles. The molecule has 0 aliphatic heterocycles. The van der Waals surface area contributed by atoms with Gasteiger partial charge in [0.2, 0.25) is 0 Å². The Morgan fingerprint density at radius 2 is 2.14 bits per heavy atom. The van der Waals surface area contributed by atoms with Crippen molar-refractivity contribution in [1.29, 1.82) is 0 Å². The first-order valence-electron chi connectivity index (χ1n) is 4.06. The summed E-state index contributed by atoms with van der Waals surface area (Å²) >= 11 is 2.97. The zero-order valence-corrected chi connectivity index (χ0v) is 9.11. The maximum absolute atomic E-state index is 10.7. The van der Waals surface area contributed by atoms with Crippen molar-refractivity contribution in [2.24, 2.45) is 0 Å². The van der Waals surface area contributed by atoms with Crippen LogP contribution in [0.25, 0.3) is 9.75 Å². The van der Waals surface area contributed by atoms with E-state index in [1.54, 1.807) is 17.4 Å². The zero-order chi connectivity index (χ0) is 10.1. The average Bonchev–Trinajstić information content (AvgIpc) is 2.71. The molecule has 4 heteroatoms. The lowest BCUT2D eigenvalue weighted by molar-refractivity contribution is 0.0702. The minimum absolute atomic E-state index is 0.396. The van der Waals surface area contributed by atoms with E-state index in [2.05, 4.69) is 0 Å². The predicted molar refractivity (Wildman–Crippen MR) is 59.3 cm³/mol. The molecule has 2 aromatic rings. The van der Waals surface area contributed by atoms with Gasteiger partial charge < -0.3 is 5.11 Å². The Labute approximate surface area is 89.5 Å². The lowest BCUT2D eigenvalue weighted by atomic mass is 10.2. The summed E-state index contributed by atoms with van der Waals surface area (Å²) in [6, 6.07) is 5.56. The van der Waals surface area contributed by atoms with Gasteiger partial charge in [-0.15, -0.1) is 22.7 Å². The second-order valence-corrected chi connectivity index (χ2v) is 4.90. The topological polar surface area (TPSA) is 37.3 Å². The molecular formula is C10H8O2S2. The van der Waals surface area contributed by atoms with E-state index in [9.17, 15) is 4.79 Å². The van der Waals surface area contributed by atoms with Crippen molar-refractivity contribution >= 4 is 28.6 Å². The molecular weight excluding hydrogens is 216 g/mol. The number of carboxylic acid groups (broad SMARTS) is 1. The molecule has 2 aromatic heterocycles. The minimum atomic E-state index is -0.851. The molecule has 0 spiro atoms. The van der Waals surface area contributed by atoms with Gasteiger partial charge in [-0.1, -0.05) is 0 Å². The van der Waals surface area contributed by atoms with Crippen molar-refractivity contribution in [3.8, 4) is 9.75 Å². The maximum atomic E-state index is 10.7. The van der Waals surface area contributed by atoms with E-state index < -0.39 is 5.97 Å². The third-order valence-electron chi connectivity index (χ3n) is 1.90. The van der Waals surface area contributed by atoms with Crippen LogP contribution in [-0.4, -0.2) is 11.1 Å². The summed E-state index contributed by atoms with van der Waals surface area (Å²) in [5.41, 5.74) is 1.20. The van der Waals surface area contributed by atoms with Crippen LogP contribution in [0.5, 0.6) is 0 Å². The molecule has 0 aliphatic rings. The van der Waals surface area contributed by atoms with Gasteiger partial charge in [-0.3, -0.25) is 0 Å². The first kappa shape index (κ1) is 9.43. The predicted octanol–water partition coefficient (Wildman–Crippen LogP) is 3.48. The number of hydrogen-bond acceptors (Lipinski definition) is 3. The van der Waals surface area contributed by atoms with Crippen LogP contribution in [-0.2, 0) is 0 Å². The third kappa shape index (κ3) is 1.58. The summed E-state index contributed by atoms with van der Waals surface area (Å²) in [5, 5.41) is 10.8. The van der Waals surface area contributed by atoms with Gasteiger partial charge in [-0.25, -0.2) is 4.79 Å². The highest BCUT2D eigenvalue weighted by Gasteiger charge is 2.10. The Kier molecular flexibility index (Phi) is 2.39. The number of thiophene rings is 2. The van der Waals surface area contributed by atoms with Crippen molar-refractivity contribution < 1.29 is 9.90 Å². The standard InChI is InChI=1S/C10H8O2S2/c1-6-4-5-13-9(6)7-2-3-8(14-7)10(11)12/h2-5H,1H3,(H,11,12). The third-order valence-corrected chi connectivity index (χ3v) is 4.17. The van der Waals surface area contributed by atoms with Crippen LogP contribution in [0.15, 0.2) is 23.6 Å². The second-order valence-electron chi connectivity index (χ2n) is 2.90. The molecule has 0 saturated carbocycles. The highest BCUT2D eigenvalue weighted by Crippen LogP contribution is 2.34. The smallest absolute Gasteiger partial charge is 0.345 e. The van der Waals surface area contributed by atoms with Crippen LogP contribution in [0, 0.1) is 6.92 Å². The van der Waals surface area contributed by atoms with Gasteiger partial charge in [0.05, 0.1) is 0 Å². The number of aryl methyl sites for hydroxylation is 1. The fraction of sp³-hybridized carbons (Fsp3) is 0.100. The summed E-state index contributed by atoms with van der Waals surface area (Å²) in [7, 11) is 0. The van der Waals surface area contributed by atoms with Gasteiger partial charge in [-0.05, 0) is 36.1 Å². The molecule has 0 saturated heterocycles. The highest BCUT2D eigenvalue weighted by molar-refractivity contribution is 7.22. The molecule has 0 bridgehead atoms. The molecule has 1 N–H and O–H groups in total. The van der Waals surface area contributed by atoms with Gasteiger partial charge in [0, 0.05) is 9.75 Å². The van der Waals surface area contributed by atoms with E-state index in [4.69, 9.17) is 5.11 Å². The van der Waals surface area contributed by atoms with E-state index in [1.807, 2.05) is 24.4 Å². The molecule has 2 nitrogen and oxygen atoms in total. The Morgan fingerprint density at radius 1 is 1.36 bits per heavy atom. The summed E-state index contributed by atoms with van der Waals surface area (Å²) < 4.78 is 0. The highest BCUT2D eigenvalue weighted by atomic mass is 32.1. The summed E-state index contributed by atoms with van der Waals surface area (Å²) in [5.74, 6) is -0.851. The first-order valence-corrected chi connectivity index (χ1v) is 5.75. The van der Waals surface area contributed by atoms with Crippen molar-refractivity contribution in [3.05, 3.63) is 34.0 Å². The molecule has 2 heterocycles. The summed E-state index contributed by atoms with van der Waals surface area (Å²) in [4.78, 5) is 13.3. The van der Waals surface area contributed by atoms with E-state index in [-0.39, 0.29) is 0 Å². The lowest BCUT2D eigenvalue weighted by Gasteiger charge is -1.92. The van der Waals surface area contributed by atoms with E-state index in [0.717, 1.165) is 4.88 Å². The SMILES string of the molecule is Cc1ccsc1-c1ccc(C(=O)O)s1. The number of carboxylic acids is 1. The van der Waals surface area contributed by atoms with E-state index in [1.165, 1.54) is 21.8 Å². The van der Waals surface area contributed by atoms with Crippen LogP contribution in [0.4, 0.5) is 0 Å². The largest absolute Gasteiger partial charge is 0.477 e. The summed E-state index contributed by atoms with van der Waals surface area (Å²) in [6.07, 6.45) is 0. The van der Waals surface area contributed by atoms with Crippen LogP contribution < -0.4 is 0 Å². The van der Waals surface area contributed by atoms with Gasteiger partial charge in [0.15, 0.2) is 0 Å². The van der Waals surface area contributed by atoms with E-state index in [0.29, 0.717) is 4.88 Å². The Bertz CT molecular complexity index is 468. The maximum Gasteiger partial charge on any atom is 0.345 e. The first-order chi connectivity index (χ1) is 6.68. The molecule has 72 valence electrons. The number of aromatic carboxylic acids is 1. The molecule has 0 unspecified atom stereocenters. The molecule has 14 heavy (non-hydrogen) atoms. The Balaban J connectivity index is 2.43. The van der Waals surface area contributed by atoms with Crippen molar-refractivity contribution in [2.45, 2.75) is 6.92 Å². The lowest BCUT2D eigenvalue weighted by Crippen LogP contribution is -1.89. The quantitative estimate of drug-likeness (QED) is 0.847. The average molecular weight is 224 g/mol. The van der Waals surface area contributed by atoms with Crippen molar-refractivity contribution in [1.82, 2.24) is 0 Å². The van der Waals surface area contributed by atoms with Gasteiger partial charge >= 0.3 is 5.97 Å². The molecule has 0 atom stereocenters. The number of carbonyl (C=O) groups is 1.